The van der Waals surface area contributed by atoms with Crippen molar-refractivity contribution in [1.29, 1.82) is 0 Å². The van der Waals surface area contributed by atoms with Crippen LogP contribution in [-0.2, 0) is 21.8 Å². The van der Waals surface area contributed by atoms with Gasteiger partial charge in [-0.05, 0) is 24.1 Å². The molecule has 1 N–H and O–H groups in total. The average Bonchev–Trinajstić information content (AvgIpc) is 3.17. The van der Waals surface area contributed by atoms with E-state index in [2.05, 4.69) is 10.4 Å². The van der Waals surface area contributed by atoms with Gasteiger partial charge in [-0.3, -0.25) is 4.79 Å². The van der Waals surface area contributed by atoms with Crippen molar-refractivity contribution in [2.45, 2.75) is 18.3 Å². The average molecular weight is 469 g/mol. The summed E-state index contributed by atoms with van der Waals surface area (Å²) >= 11 is 0. The standard InChI is InChI=1S/C21H19F4N3O3S/c22-17-9-4-5-10-18(17)28-19(21(23,24)25)16(13-27-28)20(29)26-11-6-12-32(30,31)14-15-7-2-1-3-8-15/h1-5,7-10,13H,6,11-12,14H2,(H,26,29). The maximum Gasteiger partial charge on any atom is 0.434 e. The Labute approximate surface area is 181 Å². The molecule has 0 unspecified atom stereocenters. The monoisotopic (exact) mass is 469 g/mol. The molecular weight excluding hydrogens is 450 g/mol. The van der Waals surface area contributed by atoms with Gasteiger partial charge in [-0.1, -0.05) is 42.5 Å². The van der Waals surface area contributed by atoms with Crippen LogP contribution in [0.1, 0.15) is 28.0 Å². The molecular formula is C21H19F4N3O3S. The van der Waals surface area contributed by atoms with Crippen LogP contribution in [0, 0.1) is 5.82 Å². The first-order valence-corrected chi connectivity index (χ1v) is 11.3. The summed E-state index contributed by atoms with van der Waals surface area (Å²) in [4.78, 5) is 12.3. The Hall–Kier alpha value is -3.21. The van der Waals surface area contributed by atoms with E-state index < -0.39 is 44.7 Å². The van der Waals surface area contributed by atoms with Crippen LogP contribution >= 0.6 is 0 Å². The minimum absolute atomic E-state index is 0.0176. The quantitative estimate of drug-likeness (QED) is 0.402. The fourth-order valence-electron chi connectivity index (χ4n) is 3.08. The van der Waals surface area contributed by atoms with E-state index in [4.69, 9.17) is 0 Å². The number of benzene rings is 2. The summed E-state index contributed by atoms with van der Waals surface area (Å²) in [6.45, 7) is -0.158. The normalized spacial score (nSPS) is 12.0. The van der Waals surface area contributed by atoms with E-state index in [0.29, 0.717) is 16.4 Å². The molecule has 1 amide bonds. The molecule has 0 spiro atoms. The van der Waals surface area contributed by atoms with Crippen molar-refractivity contribution in [2.75, 3.05) is 12.3 Å². The zero-order valence-electron chi connectivity index (χ0n) is 16.6. The lowest BCUT2D eigenvalue weighted by atomic mass is 10.2. The van der Waals surface area contributed by atoms with Gasteiger partial charge in [-0.2, -0.15) is 18.3 Å². The Bertz CT molecular complexity index is 1190. The number of carbonyl (C=O) groups excluding carboxylic acids is 1. The number of para-hydroxylation sites is 1. The van der Waals surface area contributed by atoms with Crippen LogP contribution in [0.3, 0.4) is 0 Å². The van der Waals surface area contributed by atoms with Crippen LogP contribution in [0.4, 0.5) is 17.6 Å². The number of aromatic nitrogens is 2. The van der Waals surface area contributed by atoms with Gasteiger partial charge < -0.3 is 5.32 Å². The number of sulfone groups is 1. The van der Waals surface area contributed by atoms with Gasteiger partial charge in [0.15, 0.2) is 15.5 Å². The number of hydrogen-bond acceptors (Lipinski definition) is 4. The maximum absolute atomic E-state index is 14.0. The number of alkyl halides is 3. The van der Waals surface area contributed by atoms with Crippen molar-refractivity contribution >= 4 is 15.7 Å². The van der Waals surface area contributed by atoms with Crippen molar-refractivity contribution in [2.24, 2.45) is 0 Å². The number of hydrogen-bond donors (Lipinski definition) is 1. The van der Waals surface area contributed by atoms with E-state index >= 15 is 0 Å². The fraction of sp³-hybridized carbons (Fsp3) is 0.238. The van der Waals surface area contributed by atoms with Crippen LogP contribution in [0.2, 0.25) is 0 Å². The topological polar surface area (TPSA) is 81.1 Å². The van der Waals surface area contributed by atoms with Crippen molar-refractivity contribution in [1.82, 2.24) is 15.1 Å². The highest BCUT2D eigenvalue weighted by Gasteiger charge is 2.41. The summed E-state index contributed by atoms with van der Waals surface area (Å²) in [7, 11) is -3.45. The van der Waals surface area contributed by atoms with Crippen molar-refractivity contribution in [3.8, 4) is 5.69 Å². The van der Waals surface area contributed by atoms with E-state index in [9.17, 15) is 30.8 Å². The van der Waals surface area contributed by atoms with Crippen LogP contribution < -0.4 is 5.32 Å². The second-order valence-electron chi connectivity index (χ2n) is 6.95. The Balaban J connectivity index is 1.67. The minimum Gasteiger partial charge on any atom is -0.352 e. The van der Waals surface area contributed by atoms with Crippen LogP contribution in [0.25, 0.3) is 5.69 Å². The molecule has 0 saturated heterocycles. The molecule has 6 nitrogen and oxygen atoms in total. The lowest BCUT2D eigenvalue weighted by Crippen LogP contribution is -2.28. The number of carbonyl (C=O) groups is 1. The predicted octanol–water partition coefficient (Wildman–Crippen LogP) is 3.77. The lowest BCUT2D eigenvalue weighted by Gasteiger charge is -2.13. The van der Waals surface area contributed by atoms with Crippen molar-refractivity contribution in [3.05, 3.63) is 83.4 Å². The summed E-state index contributed by atoms with van der Waals surface area (Å²) in [5.74, 6) is -2.44. The number of amides is 1. The van der Waals surface area contributed by atoms with E-state index in [0.717, 1.165) is 12.1 Å². The first-order chi connectivity index (χ1) is 15.1. The number of rotatable bonds is 8. The first kappa shape index (κ1) is 23.5. The minimum atomic E-state index is -4.98. The van der Waals surface area contributed by atoms with E-state index in [1.165, 1.54) is 12.1 Å². The molecule has 1 heterocycles. The third-order valence-electron chi connectivity index (χ3n) is 4.51. The van der Waals surface area contributed by atoms with E-state index in [1.807, 2.05) is 0 Å². The third kappa shape index (κ3) is 5.72. The molecule has 0 aliphatic carbocycles. The molecule has 0 aliphatic rings. The Morgan fingerprint density at radius 2 is 1.69 bits per heavy atom. The van der Waals surface area contributed by atoms with Gasteiger partial charge >= 0.3 is 6.18 Å². The van der Waals surface area contributed by atoms with Gasteiger partial charge in [0.05, 0.1) is 23.3 Å². The summed E-state index contributed by atoms with van der Waals surface area (Å²) in [6.07, 6.45) is -4.26. The molecule has 0 fully saturated rings. The Morgan fingerprint density at radius 3 is 2.34 bits per heavy atom. The molecule has 0 atom stereocenters. The second kappa shape index (κ2) is 9.51. The molecule has 11 heteroatoms. The van der Waals surface area contributed by atoms with Gasteiger partial charge in [-0.15, -0.1) is 0 Å². The highest BCUT2D eigenvalue weighted by atomic mass is 32.2. The highest BCUT2D eigenvalue weighted by molar-refractivity contribution is 7.90. The molecule has 2 aromatic carbocycles. The van der Waals surface area contributed by atoms with Gasteiger partial charge in [0.25, 0.3) is 5.91 Å². The Morgan fingerprint density at radius 1 is 1.03 bits per heavy atom. The van der Waals surface area contributed by atoms with E-state index in [1.54, 1.807) is 30.3 Å². The molecule has 32 heavy (non-hydrogen) atoms. The predicted molar refractivity (Wildman–Crippen MR) is 109 cm³/mol. The summed E-state index contributed by atoms with van der Waals surface area (Å²) in [5.41, 5.74) is -2.04. The largest absolute Gasteiger partial charge is 0.434 e. The zero-order valence-corrected chi connectivity index (χ0v) is 17.5. The Kier molecular flexibility index (Phi) is 6.97. The first-order valence-electron chi connectivity index (χ1n) is 9.51. The maximum atomic E-state index is 14.0. The van der Waals surface area contributed by atoms with Crippen molar-refractivity contribution < 1.29 is 30.8 Å². The molecule has 1 aromatic heterocycles. The summed E-state index contributed by atoms with van der Waals surface area (Å²) in [6, 6.07) is 13.3. The molecule has 0 saturated carbocycles. The van der Waals surface area contributed by atoms with E-state index in [-0.39, 0.29) is 24.5 Å². The van der Waals surface area contributed by atoms with Crippen LogP contribution in [-0.4, -0.2) is 36.4 Å². The van der Waals surface area contributed by atoms with Crippen LogP contribution in [0.5, 0.6) is 0 Å². The fourth-order valence-corrected chi connectivity index (χ4v) is 4.51. The van der Waals surface area contributed by atoms with Gasteiger partial charge in [0.2, 0.25) is 0 Å². The lowest BCUT2D eigenvalue weighted by molar-refractivity contribution is -0.143. The van der Waals surface area contributed by atoms with Crippen molar-refractivity contribution in [3.63, 3.8) is 0 Å². The smallest absolute Gasteiger partial charge is 0.352 e. The highest BCUT2D eigenvalue weighted by Crippen LogP contribution is 2.34. The zero-order chi connectivity index (χ0) is 23.4. The van der Waals surface area contributed by atoms with Gasteiger partial charge in [0, 0.05) is 6.54 Å². The molecule has 0 aliphatic heterocycles. The molecule has 0 bridgehead atoms. The SMILES string of the molecule is O=C(NCCCS(=O)(=O)Cc1ccccc1)c1cnn(-c2ccccc2F)c1C(F)(F)F. The number of halogens is 4. The second-order valence-corrected chi connectivity index (χ2v) is 9.14. The molecule has 3 aromatic rings. The summed E-state index contributed by atoms with van der Waals surface area (Å²) in [5, 5.41) is 5.83. The number of nitrogens with one attached hydrogen (secondary N) is 1. The third-order valence-corrected chi connectivity index (χ3v) is 6.19. The van der Waals surface area contributed by atoms with Crippen LogP contribution in [0.15, 0.2) is 60.8 Å². The molecule has 0 radical (unpaired) electrons. The van der Waals surface area contributed by atoms with Gasteiger partial charge in [-0.25, -0.2) is 17.5 Å². The van der Waals surface area contributed by atoms with Gasteiger partial charge in [0.1, 0.15) is 11.5 Å². The summed E-state index contributed by atoms with van der Waals surface area (Å²) < 4.78 is 79.6. The molecule has 170 valence electrons. The molecule has 3 rings (SSSR count). The number of nitrogens with zero attached hydrogens (tertiary/aromatic N) is 2.